The van der Waals surface area contributed by atoms with Gasteiger partial charge in [0.25, 0.3) is 0 Å². The van der Waals surface area contributed by atoms with Gasteiger partial charge in [-0.2, -0.15) is 0 Å². The van der Waals surface area contributed by atoms with E-state index in [9.17, 15) is 0 Å². The molecule has 1 saturated heterocycles. The maximum absolute atomic E-state index is 3.71. The molecule has 1 unspecified atom stereocenters. The van der Waals surface area contributed by atoms with Gasteiger partial charge in [-0.3, -0.25) is 4.90 Å². The van der Waals surface area contributed by atoms with Crippen LogP contribution in [0.15, 0.2) is 0 Å². The Kier molecular flexibility index (Phi) is 2.97. The Labute approximate surface area is 99.8 Å². The SMILES string of the molecule is CCC1(CN2CCNC(C3CC3)C2)CCC1. The van der Waals surface area contributed by atoms with Gasteiger partial charge in [-0.05, 0) is 43.4 Å². The van der Waals surface area contributed by atoms with Gasteiger partial charge in [0, 0.05) is 32.2 Å². The van der Waals surface area contributed by atoms with Gasteiger partial charge in [0.1, 0.15) is 0 Å². The van der Waals surface area contributed by atoms with Crippen LogP contribution in [0, 0.1) is 11.3 Å². The minimum atomic E-state index is 0.714. The number of piperazine rings is 1. The zero-order chi connectivity index (χ0) is 11.0. The number of hydrogen-bond acceptors (Lipinski definition) is 2. The quantitative estimate of drug-likeness (QED) is 0.785. The highest BCUT2D eigenvalue weighted by Gasteiger charge is 2.39. The molecule has 3 fully saturated rings. The molecule has 3 aliphatic rings. The van der Waals surface area contributed by atoms with Crippen LogP contribution in [0.3, 0.4) is 0 Å². The summed E-state index contributed by atoms with van der Waals surface area (Å²) in [6, 6.07) is 0.822. The van der Waals surface area contributed by atoms with E-state index in [1.807, 2.05) is 0 Å². The highest BCUT2D eigenvalue weighted by molar-refractivity contribution is 4.95. The smallest absolute Gasteiger partial charge is 0.0223 e. The molecular formula is C14H26N2. The largest absolute Gasteiger partial charge is 0.311 e. The topological polar surface area (TPSA) is 15.3 Å². The molecule has 0 radical (unpaired) electrons. The number of rotatable bonds is 4. The average Bonchev–Trinajstić information content (AvgIpc) is 3.08. The van der Waals surface area contributed by atoms with Crippen molar-refractivity contribution in [2.75, 3.05) is 26.2 Å². The molecule has 0 amide bonds. The second kappa shape index (κ2) is 4.30. The van der Waals surface area contributed by atoms with Crippen molar-refractivity contribution in [1.82, 2.24) is 10.2 Å². The molecule has 1 heterocycles. The van der Waals surface area contributed by atoms with Gasteiger partial charge in [0.05, 0.1) is 0 Å². The first-order chi connectivity index (χ1) is 7.81. The molecule has 92 valence electrons. The van der Waals surface area contributed by atoms with E-state index in [4.69, 9.17) is 0 Å². The predicted octanol–water partition coefficient (Wildman–Crippen LogP) is 2.25. The molecule has 2 heteroatoms. The molecule has 1 aliphatic heterocycles. The summed E-state index contributed by atoms with van der Waals surface area (Å²) in [6.07, 6.45) is 8.80. The third-order valence-electron chi connectivity index (χ3n) is 5.20. The number of nitrogens with zero attached hydrogens (tertiary/aromatic N) is 1. The highest BCUT2D eigenvalue weighted by Crippen LogP contribution is 2.44. The predicted molar refractivity (Wildman–Crippen MR) is 67.5 cm³/mol. The molecule has 1 N–H and O–H groups in total. The van der Waals surface area contributed by atoms with Crippen LogP contribution in [0.5, 0.6) is 0 Å². The lowest BCUT2D eigenvalue weighted by molar-refractivity contribution is 0.0462. The summed E-state index contributed by atoms with van der Waals surface area (Å²) in [6.45, 7) is 7.60. The van der Waals surface area contributed by atoms with Crippen molar-refractivity contribution < 1.29 is 0 Å². The summed E-state index contributed by atoms with van der Waals surface area (Å²) in [5, 5.41) is 3.71. The van der Waals surface area contributed by atoms with Gasteiger partial charge < -0.3 is 5.32 Å². The first kappa shape index (κ1) is 11.0. The van der Waals surface area contributed by atoms with Crippen molar-refractivity contribution in [2.24, 2.45) is 11.3 Å². The van der Waals surface area contributed by atoms with Gasteiger partial charge in [0.15, 0.2) is 0 Å². The Morgan fingerprint density at radius 2 is 2.12 bits per heavy atom. The standard InChI is InChI=1S/C14H26N2/c1-2-14(6-3-7-14)11-16-9-8-15-13(10-16)12-4-5-12/h12-13,15H,2-11H2,1H3. The second-order valence-electron chi connectivity index (χ2n) is 6.34. The normalized spacial score (nSPS) is 34.7. The monoisotopic (exact) mass is 222 g/mol. The maximum Gasteiger partial charge on any atom is 0.0223 e. The Morgan fingerprint density at radius 1 is 1.31 bits per heavy atom. The highest BCUT2D eigenvalue weighted by atomic mass is 15.2. The van der Waals surface area contributed by atoms with E-state index in [0.29, 0.717) is 5.41 Å². The van der Waals surface area contributed by atoms with Crippen molar-refractivity contribution in [3.05, 3.63) is 0 Å². The van der Waals surface area contributed by atoms with E-state index in [1.54, 1.807) is 0 Å². The molecule has 2 nitrogen and oxygen atoms in total. The fourth-order valence-electron chi connectivity index (χ4n) is 3.57. The fraction of sp³-hybridized carbons (Fsp3) is 1.00. The third-order valence-corrected chi connectivity index (χ3v) is 5.20. The summed E-state index contributed by atoms with van der Waals surface area (Å²) in [5.74, 6) is 1.02. The van der Waals surface area contributed by atoms with Gasteiger partial charge in [0.2, 0.25) is 0 Å². The Balaban J connectivity index is 1.53. The molecule has 0 spiro atoms. The molecule has 2 aliphatic carbocycles. The van der Waals surface area contributed by atoms with Crippen molar-refractivity contribution in [1.29, 1.82) is 0 Å². The van der Waals surface area contributed by atoms with E-state index in [0.717, 1.165) is 12.0 Å². The summed E-state index contributed by atoms with van der Waals surface area (Å²) in [5.41, 5.74) is 0.714. The molecule has 2 saturated carbocycles. The van der Waals surface area contributed by atoms with Crippen LogP contribution < -0.4 is 5.32 Å². The van der Waals surface area contributed by atoms with E-state index in [2.05, 4.69) is 17.1 Å². The summed E-state index contributed by atoms with van der Waals surface area (Å²) < 4.78 is 0. The minimum absolute atomic E-state index is 0.714. The van der Waals surface area contributed by atoms with Crippen LogP contribution in [0.1, 0.15) is 45.4 Å². The van der Waals surface area contributed by atoms with Crippen LogP contribution in [-0.4, -0.2) is 37.1 Å². The molecule has 0 bridgehead atoms. The van der Waals surface area contributed by atoms with Crippen LogP contribution in [0.25, 0.3) is 0 Å². The Morgan fingerprint density at radius 3 is 2.69 bits per heavy atom. The maximum atomic E-state index is 3.71. The fourth-order valence-corrected chi connectivity index (χ4v) is 3.57. The lowest BCUT2D eigenvalue weighted by Gasteiger charge is -2.46. The van der Waals surface area contributed by atoms with Crippen molar-refractivity contribution >= 4 is 0 Å². The van der Waals surface area contributed by atoms with Crippen LogP contribution >= 0.6 is 0 Å². The average molecular weight is 222 g/mol. The Bertz CT molecular complexity index is 238. The molecule has 0 aromatic carbocycles. The number of hydrogen-bond donors (Lipinski definition) is 1. The zero-order valence-electron chi connectivity index (χ0n) is 10.7. The van der Waals surface area contributed by atoms with Gasteiger partial charge >= 0.3 is 0 Å². The molecule has 0 aromatic rings. The van der Waals surface area contributed by atoms with Crippen molar-refractivity contribution in [2.45, 2.75) is 51.5 Å². The van der Waals surface area contributed by atoms with Gasteiger partial charge in [-0.25, -0.2) is 0 Å². The van der Waals surface area contributed by atoms with E-state index in [-0.39, 0.29) is 0 Å². The Hall–Kier alpha value is -0.0800. The van der Waals surface area contributed by atoms with Crippen molar-refractivity contribution in [3.63, 3.8) is 0 Å². The van der Waals surface area contributed by atoms with E-state index >= 15 is 0 Å². The first-order valence-corrected chi connectivity index (χ1v) is 7.27. The zero-order valence-corrected chi connectivity index (χ0v) is 10.7. The molecule has 0 aromatic heterocycles. The molecule has 3 rings (SSSR count). The van der Waals surface area contributed by atoms with Gasteiger partial charge in [-0.15, -0.1) is 0 Å². The number of nitrogens with one attached hydrogen (secondary N) is 1. The summed E-state index contributed by atoms with van der Waals surface area (Å²) in [4.78, 5) is 2.75. The van der Waals surface area contributed by atoms with Crippen LogP contribution in [0.2, 0.25) is 0 Å². The van der Waals surface area contributed by atoms with E-state index < -0.39 is 0 Å². The summed E-state index contributed by atoms with van der Waals surface area (Å²) >= 11 is 0. The lowest BCUT2D eigenvalue weighted by Crippen LogP contribution is -2.55. The van der Waals surface area contributed by atoms with Crippen LogP contribution in [-0.2, 0) is 0 Å². The lowest BCUT2D eigenvalue weighted by atomic mass is 9.66. The third kappa shape index (κ3) is 2.14. The van der Waals surface area contributed by atoms with Crippen molar-refractivity contribution in [3.8, 4) is 0 Å². The second-order valence-corrected chi connectivity index (χ2v) is 6.34. The molecule has 1 atom stereocenters. The molecular weight excluding hydrogens is 196 g/mol. The van der Waals surface area contributed by atoms with Gasteiger partial charge in [-0.1, -0.05) is 13.3 Å². The molecule has 16 heavy (non-hydrogen) atoms. The first-order valence-electron chi connectivity index (χ1n) is 7.27. The minimum Gasteiger partial charge on any atom is -0.311 e. The van der Waals surface area contributed by atoms with E-state index in [1.165, 1.54) is 64.7 Å². The summed E-state index contributed by atoms with van der Waals surface area (Å²) in [7, 11) is 0. The van der Waals surface area contributed by atoms with Crippen LogP contribution in [0.4, 0.5) is 0 Å².